The summed E-state index contributed by atoms with van der Waals surface area (Å²) < 4.78 is 0. The Hall–Kier alpha value is -0.640. The van der Waals surface area contributed by atoms with Gasteiger partial charge in [-0.05, 0) is 18.3 Å². The van der Waals surface area contributed by atoms with E-state index in [0.29, 0.717) is 10.4 Å². The minimum absolute atomic E-state index is 0.0910. The summed E-state index contributed by atoms with van der Waals surface area (Å²) in [4.78, 5) is 14.0. The van der Waals surface area contributed by atoms with Crippen LogP contribution in [0.3, 0.4) is 0 Å². The van der Waals surface area contributed by atoms with E-state index in [1.54, 1.807) is 0 Å². The van der Waals surface area contributed by atoms with Crippen molar-refractivity contribution >= 4 is 23.1 Å². The Bertz CT molecular complexity index is 264. The van der Waals surface area contributed by atoms with Crippen molar-refractivity contribution in [3.05, 3.63) is 0 Å². The van der Waals surface area contributed by atoms with Gasteiger partial charge in [-0.3, -0.25) is 4.79 Å². The molecule has 0 bridgehead atoms. The first-order valence-electron chi connectivity index (χ1n) is 6.09. The molecule has 0 aromatic carbocycles. The highest BCUT2D eigenvalue weighted by Gasteiger charge is 2.32. The van der Waals surface area contributed by atoms with Gasteiger partial charge >= 0.3 is 0 Å². The zero-order valence-corrected chi connectivity index (χ0v) is 11.1. The smallest absolute Gasteiger partial charge is 0.229 e. The normalized spacial score (nSPS) is 19.5. The quantitative estimate of drug-likeness (QED) is 0.768. The summed E-state index contributed by atoms with van der Waals surface area (Å²) in [6.07, 6.45) is 4.87. The summed E-state index contributed by atoms with van der Waals surface area (Å²) in [5, 5.41) is 0. The average Bonchev–Trinajstić information content (AvgIpc) is 2.28. The monoisotopic (exact) mass is 242 g/mol. The Kier molecular flexibility index (Phi) is 4.71. The van der Waals surface area contributed by atoms with E-state index in [1.807, 2.05) is 4.90 Å². The third-order valence-corrected chi connectivity index (χ3v) is 4.15. The summed E-state index contributed by atoms with van der Waals surface area (Å²) >= 11 is 4.76. The fourth-order valence-electron chi connectivity index (χ4n) is 2.45. The van der Waals surface area contributed by atoms with Gasteiger partial charge in [-0.25, -0.2) is 0 Å². The van der Waals surface area contributed by atoms with Crippen molar-refractivity contribution in [3.63, 3.8) is 0 Å². The molecule has 0 atom stereocenters. The van der Waals surface area contributed by atoms with E-state index in [0.717, 1.165) is 25.9 Å². The molecule has 3 nitrogen and oxygen atoms in total. The van der Waals surface area contributed by atoms with Crippen LogP contribution in [0.2, 0.25) is 0 Å². The Labute approximate surface area is 103 Å². The predicted molar refractivity (Wildman–Crippen MR) is 70.2 cm³/mol. The maximum atomic E-state index is 11.8. The van der Waals surface area contributed by atoms with Crippen LogP contribution >= 0.6 is 12.2 Å². The van der Waals surface area contributed by atoms with Crippen LogP contribution in [0.4, 0.5) is 0 Å². The van der Waals surface area contributed by atoms with Gasteiger partial charge in [0, 0.05) is 13.1 Å². The average molecular weight is 242 g/mol. The number of hydrogen-bond acceptors (Lipinski definition) is 2. The number of rotatable bonds is 4. The molecule has 0 saturated carbocycles. The van der Waals surface area contributed by atoms with E-state index in [2.05, 4.69) is 13.8 Å². The van der Waals surface area contributed by atoms with Crippen molar-refractivity contribution in [2.75, 3.05) is 13.1 Å². The van der Waals surface area contributed by atoms with Crippen LogP contribution in [0.1, 0.15) is 46.0 Å². The number of thiocarbonyl (C=S) groups is 1. The van der Waals surface area contributed by atoms with Gasteiger partial charge < -0.3 is 10.6 Å². The van der Waals surface area contributed by atoms with Crippen LogP contribution < -0.4 is 5.73 Å². The lowest BCUT2D eigenvalue weighted by atomic mass is 9.74. The molecule has 1 rings (SSSR count). The molecule has 1 amide bonds. The van der Waals surface area contributed by atoms with Crippen LogP contribution in [-0.2, 0) is 4.79 Å². The molecule has 0 spiro atoms. The molecule has 1 saturated heterocycles. The maximum absolute atomic E-state index is 11.8. The molecular weight excluding hydrogens is 220 g/mol. The highest BCUT2D eigenvalue weighted by Crippen LogP contribution is 2.37. The number of likely N-dealkylation sites (tertiary alicyclic amines) is 1. The molecule has 1 aliphatic heterocycles. The summed E-state index contributed by atoms with van der Waals surface area (Å²) in [7, 11) is 0. The lowest BCUT2D eigenvalue weighted by molar-refractivity contribution is -0.132. The van der Waals surface area contributed by atoms with Crippen LogP contribution in [0, 0.1) is 5.41 Å². The molecule has 0 unspecified atom stereocenters. The van der Waals surface area contributed by atoms with Crippen molar-refractivity contribution in [1.29, 1.82) is 0 Å². The van der Waals surface area contributed by atoms with Crippen molar-refractivity contribution in [1.82, 2.24) is 4.90 Å². The minimum atomic E-state index is 0.0910. The molecule has 1 aliphatic rings. The fraction of sp³-hybridized carbons (Fsp3) is 0.833. The third-order valence-electron chi connectivity index (χ3n) is 4.00. The molecule has 16 heavy (non-hydrogen) atoms. The van der Waals surface area contributed by atoms with E-state index in [-0.39, 0.29) is 12.3 Å². The second-order valence-electron chi connectivity index (χ2n) is 4.73. The Balaban J connectivity index is 2.48. The van der Waals surface area contributed by atoms with Gasteiger partial charge in [-0.1, -0.05) is 38.9 Å². The van der Waals surface area contributed by atoms with Gasteiger partial charge in [-0.15, -0.1) is 0 Å². The van der Waals surface area contributed by atoms with Gasteiger partial charge in [-0.2, -0.15) is 0 Å². The molecule has 2 N–H and O–H groups in total. The highest BCUT2D eigenvalue weighted by atomic mass is 32.1. The van der Waals surface area contributed by atoms with Gasteiger partial charge in [0.2, 0.25) is 5.91 Å². The summed E-state index contributed by atoms with van der Waals surface area (Å²) in [6.45, 7) is 6.22. The fourth-order valence-corrected chi connectivity index (χ4v) is 2.57. The zero-order valence-electron chi connectivity index (χ0n) is 10.3. The third kappa shape index (κ3) is 3.17. The molecule has 0 aromatic heterocycles. The van der Waals surface area contributed by atoms with Gasteiger partial charge in [0.25, 0.3) is 0 Å². The summed E-state index contributed by atoms with van der Waals surface area (Å²) in [5.41, 5.74) is 5.85. The van der Waals surface area contributed by atoms with E-state index < -0.39 is 0 Å². The number of amides is 1. The molecular formula is C12H22N2OS. The van der Waals surface area contributed by atoms with Crippen molar-refractivity contribution in [2.24, 2.45) is 11.1 Å². The number of piperidine rings is 1. The van der Waals surface area contributed by atoms with Crippen LogP contribution in [0.15, 0.2) is 0 Å². The standard InChI is InChI=1S/C12H22N2OS/c1-3-12(4-2)5-7-14(8-6-12)11(15)9-10(13)16/h3-9H2,1-2H3,(H2,13,16). The maximum Gasteiger partial charge on any atom is 0.229 e. The molecule has 0 aliphatic carbocycles. The van der Waals surface area contributed by atoms with E-state index >= 15 is 0 Å². The van der Waals surface area contributed by atoms with Crippen molar-refractivity contribution in [2.45, 2.75) is 46.0 Å². The number of carbonyl (C=O) groups excluding carboxylic acids is 1. The number of nitrogens with zero attached hydrogens (tertiary/aromatic N) is 1. The van der Waals surface area contributed by atoms with Crippen LogP contribution in [0.5, 0.6) is 0 Å². The first kappa shape index (κ1) is 13.4. The highest BCUT2D eigenvalue weighted by molar-refractivity contribution is 7.80. The summed E-state index contributed by atoms with van der Waals surface area (Å²) in [5.74, 6) is 0.0910. The van der Waals surface area contributed by atoms with Gasteiger partial charge in [0.05, 0.1) is 11.4 Å². The largest absolute Gasteiger partial charge is 0.393 e. The molecule has 1 heterocycles. The van der Waals surface area contributed by atoms with Gasteiger partial charge in [0.1, 0.15) is 0 Å². The van der Waals surface area contributed by atoms with E-state index in [4.69, 9.17) is 18.0 Å². The number of hydrogen-bond donors (Lipinski definition) is 1. The predicted octanol–water partition coefficient (Wildman–Crippen LogP) is 2.09. The first-order chi connectivity index (χ1) is 7.53. The molecule has 92 valence electrons. The first-order valence-corrected chi connectivity index (χ1v) is 6.50. The minimum Gasteiger partial charge on any atom is -0.393 e. The molecule has 0 aromatic rings. The van der Waals surface area contributed by atoms with Crippen LogP contribution in [-0.4, -0.2) is 28.9 Å². The topological polar surface area (TPSA) is 46.3 Å². The number of carbonyl (C=O) groups is 1. The van der Waals surface area contributed by atoms with E-state index in [9.17, 15) is 4.79 Å². The Morgan fingerprint density at radius 2 is 1.81 bits per heavy atom. The zero-order chi connectivity index (χ0) is 12.2. The van der Waals surface area contributed by atoms with Crippen molar-refractivity contribution in [3.8, 4) is 0 Å². The van der Waals surface area contributed by atoms with Crippen LogP contribution in [0.25, 0.3) is 0 Å². The molecule has 4 heteroatoms. The van der Waals surface area contributed by atoms with Gasteiger partial charge in [0.15, 0.2) is 0 Å². The molecule has 0 radical (unpaired) electrons. The second kappa shape index (κ2) is 5.62. The Morgan fingerprint density at radius 1 is 1.31 bits per heavy atom. The summed E-state index contributed by atoms with van der Waals surface area (Å²) in [6, 6.07) is 0. The van der Waals surface area contributed by atoms with Crippen molar-refractivity contribution < 1.29 is 4.79 Å². The Morgan fingerprint density at radius 3 is 2.19 bits per heavy atom. The lowest BCUT2D eigenvalue weighted by Crippen LogP contribution is -2.43. The number of nitrogens with two attached hydrogens (primary N) is 1. The lowest BCUT2D eigenvalue weighted by Gasteiger charge is -2.41. The molecule has 1 fully saturated rings. The second-order valence-corrected chi connectivity index (χ2v) is 5.26. The van der Waals surface area contributed by atoms with E-state index in [1.165, 1.54) is 12.8 Å². The SMILES string of the molecule is CCC1(CC)CCN(C(=O)CC(N)=S)CC1.